The average molecular weight is 338 g/mol. The average Bonchev–Trinajstić information content (AvgIpc) is 3.05. The minimum absolute atomic E-state index is 0.0518. The van der Waals surface area contributed by atoms with Crippen LogP contribution in [0.1, 0.15) is 18.1 Å². The summed E-state index contributed by atoms with van der Waals surface area (Å²) in [5, 5.41) is 3.27. The molecule has 1 heterocycles. The monoisotopic (exact) mass is 338 g/mol. The van der Waals surface area contributed by atoms with Crippen LogP contribution >= 0.6 is 0 Å². The first-order valence-electron chi connectivity index (χ1n) is 8.38. The first kappa shape index (κ1) is 17.0. The van der Waals surface area contributed by atoms with Gasteiger partial charge in [-0.25, -0.2) is 4.79 Å². The number of rotatable bonds is 5. The molecule has 0 saturated carbocycles. The SMILES string of the molecule is COC(=O)[C@H](Cc1ccccc1)Nc1ccc2c(c1)CCN2C(C)=O. The van der Waals surface area contributed by atoms with Gasteiger partial charge in [0.1, 0.15) is 6.04 Å². The van der Waals surface area contributed by atoms with Gasteiger partial charge in [-0.2, -0.15) is 0 Å². The third kappa shape index (κ3) is 3.82. The molecule has 1 N–H and O–H groups in total. The summed E-state index contributed by atoms with van der Waals surface area (Å²) in [6, 6.07) is 15.2. The Bertz CT molecular complexity index is 774. The van der Waals surface area contributed by atoms with Crippen LogP contribution in [0.3, 0.4) is 0 Å². The van der Waals surface area contributed by atoms with Crippen LogP contribution in [-0.4, -0.2) is 31.6 Å². The van der Waals surface area contributed by atoms with Gasteiger partial charge in [-0.3, -0.25) is 4.79 Å². The highest BCUT2D eigenvalue weighted by atomic mass is 16.5. The molecule has 2 aromatic carbocycles. The Hall–Kier alpha value is -2.82. The minimum Gasteiger partial charge on any atom is -0.467 e. The lowest BCUT2D eigenvalue weighted by Gasteiger charge is -2.19. The molecule has 25 heavy (non-hydrogen) atoms. The zero-order valence-electron chi connectivity index (χ0n) is 14.5. The summed E-state index contributed by atoms with van der Waals surface area (Å²) in [7, 11) is 1.40. The fraction of sp³-hybridized carbons (Fsp3) is 0.300. The molecule has 1 atom stereocenters. The van der Waals surface area contributed by atoms with Crippen LogP contribution in [0.5, 0.6) is 0 Å². The first-order chi connectivity index (χ1) is 12.1. The normalized spacial score (nSPS) is 13.9. The van der Waals surface area contributed by atoms with E-state index in [1.54, 1.807) is 11.8 Å². The van der Waals surface area contributed by atoms with Gasteiger partial charge in [0.2, 0.25) is 5.91 Å². The van der Waals surface area contributed by atoms with Crippen molar-refractivity contribution in [3.05, 3.63) is 59.7 Å². The Morgan fingerprint density at radius 1 is 1.20 bits per heavy atom. The lowest BCUT2D eigenvalue weighted by molar-refractivity contribution is -0.141. The number of benzene rings is 2. The summed E-state index contributed by atoms with van der Waals surface area (Å²) in [4.78, 5) is 25.6. The van der Waals surface area contributed by atoms with Crippen LogP contribution in [0, 0.1) is 0 Å². The summed E-state index contributed by atoms with van der Waals surface area (Å²) >= 11 is 0. The first-order valence-corrected chi connectivity index (χ1v) is 8.38. The number of ether oxygens (including phenoxy) is 1. The van der Waals surface area contributed by atoms with E-state index >= 15 is 0 Å². The zero-order valence-corrected chi connectivity index (χ0v) is 14.5. The second kappa shape index (κ2) is 7.38. The number of anilines is 2. The van der Waals surface area contributed by atoms with E-state index in [1.165, 1.54) is 7.11 Å². The summed E-state index contributed by atoms with van der Waals surface area (Å²) in [6.45, 7) is 2.28. The minimum atomic E-state index is -0.462. The zero-order chi connectivity index (χ0) is 17.8. The van der Waals surface area contributed by atoms with Gasteiger partial charge in [-0.1, -0.05) is 30.3 Å². The molecular formula is C20H22N2O3. The van der Waals surface area contributed by atoms with Gasteiger partial charge in [0.05, 0.1) is 7.11 Å². The van der Waals surface area contributed by atoms with Crippen molar-refractivity contribution < 1.29 is 14.3 Å². The number of hydrogen-bond acceptors (Lipinski definition) is 4. The van der Waals surface area contributed by atoms with Gasteiger partial charge < -0.3 is 15.0 Å². The third-order valence-corrected chi connectivity index (χ3v) is 4.46. The number of amides is 1. The van der Waals surface area contributed by atoms with Crippen molar-refractivity contribution in [2.45, 2.75) is 25.8 Å². The van der Waals surface area contributed by atoms with Gasteiger partial charge in [0.25, 0.3) is 0 Å². The van der Waals surface area contributed by atoms with E-state index in [-0.39, 0.29) is 11.9 Å². The third-order valence-electron chi connectivity index (χ3n) is 4.46. The number of hydrogen-bond donors (Lipinski definition) is 1. The van der Waals surface area contributed by atoms with Crippen LogP contribution in [0.15, 0.2) is 48.5 Å². The summed E-state index contributed by atoms with van der Waals surface area (Å²) in [5.41, 5.74) is 3.99. The molecule has 0 unspecified atom stereocenters. The molecule has 0 spiro atoms. The van der Waals surface area contributed by atoms with E-state index in [2.05, 4.69) is 5.32 Å². The van der Waals surface area contributed by atoms with Crippen molar-refractivity contribution in [1.82, 2.24) is 0 Å². The van der Waals surface area contributed by atoms with E-state index in [4.69, 9.17) is 4.74 Å². The van der Waals surface area contributed by atoms with Crippen molar-refractivity contribution >= 4 is 23.3 Å². The second-order valence-corrected chi connectivity index (χ2v) is 6.17. The highest BCUT2D eigenvalue weighted by molar-refractivity contribution is 5.94. The van der Waals surface area contributed by atoms with E-state index < -0.39 is 6.04 Å². The molecule has 0 saturated heterocycles. The van der Waals surface area contributed by atoms with E-state index in [1.807, 2.05) is 48.5 Å². The molecule has 0 bridgehead atoms. The second-order valence-electron chi connectivity index (χ2n) is 6.17. The number of carbonyl (C=O) groups is 2. The molecule has 130 valence electrons. The topological polar surface area (TPSA) is 58.6 Å². The molecule has 5 nitrogen and oxygen atoms in total. The van der Waals surface area contributed by atoms with Crippen LogP contribution in [0.25, 0.3) is 0 Å². The highest BCUT2D eigenvalue weighted by Gasteiger charge is 2.24. The highest BCUT2D eigenvalue weighted by Crippen LogP contribution is 2.30. The van der Waals surface area contributed by atoms with Crippen molar-refractivity contribution in [3.8, 4) is 0 Å². The van der Waals surface area contributed by atoms with Gasteiger partial charge in [-0.05, 0) is 35.7 Å². The molecule has 5 heteroatoms. The van der Waals surface area contributed by atoms with Crippen molar-refractivity contribution in [2.24, 2.45) is 0 Å². The Morgan fingerprint density at radius 2 is 1.96 bits per heavy atom. The largest absolute Gasteiger partial charge is 0.467 e. The summed E-state index contributed by atoms with van der Waals surface area (Å²) in [5.74, 6) is -0.245. The van der Waals surface area contributed by atoms with Crippen molar-refractivity contribution in [1.29, 1.82) is 0 Å². The molecule has 1 amide bonds. The van der Waals surface area contributed by atoms with Crippen molar-refractivity contribution in [3.63, 3.8) is 0 Å². The van der Waals surface area contributed by atoms with Crippen LogP contribution in [0.2, 0.25) is 0 Å². The summed E-state index contributed by atoms with van der Waals surface area (Å²) < 4.78 is 4.94. The van der Waals surface area contributed by atoms with Gasteiger partial charge >= 0.3 is 5.97 Å². The van der Waals surface area contributed by atoms with E-state index in [9.17, 15) is 9.59 Å². The molecule has 0 aromatic heterocycles. The molecule has 1 aliphatic rings. The number of esters is 1. The predicted molar refractivity (Wildman–Crippen MR) is 97.7 cm³/mol. The van der Waals surface area contributed by atoms with Gasteiger partial charge in [-0.15, -0.1) is 0 Å². The number of nitrogens with zero attached hydrogens (tertiary/aromatic N) is 1. The predicted octanol–water partition coefficient (Wildman–Crippen LogP) is 2.79. The molecule has 0 aliphatic carbocycles. The molecule has 0 radical (unpaired) electrons. The Morgan fingerprint density at radius 3 is 2.64 bits per heavy atom. The molecule has 3 rings (SSSR count). The number of methoxy groups -OCH3 is 1. The lowest BCUT2D eigenvalue weighted by Crippen LogP contribution is -2.32. The molecule has 0 fully saturated rings. The molecular weight excluding hydrogens is 316 g/mol. The Balaban J connectivity index is 1.78. The Kier molecular flexibility index (Phi) is 5.03. The van der Waals surface area contributed by atoms with Gasteiger partial charge in [0.15, 0.2) is 0 Å². The quantitative estimate of drug-likeness (QED) is 0.852. The lowest BCUT2D eigenvalue weighted by atomic mass is 10.0. The fourth-order valence-electron chi connectivity index (χ4n) is 3.21. The number of carbonyl (C=O) groups excluding carboxylic acids is 2. The van der Waals surface area contributed by atoms with E-state index in [0.29, 0.717) is 13.0 Å². The smallest absolute Gasteiger partial charge is 0.328 e. The molecule has 2 aromatic rings. The van der Waals surface area contributed by atoms with Crippen LogP contribution < -0.4 is 10.2 Å². The number of nitrogens with one attached hydrogen (secondary N) is 1. The fourth-order valence-corrected chi connectivity index (χ4v) is 3.21. The van der Waals surface area contributed by atoms with E-state index in [0.717, 1.165) is 28.9 Å². The maximum absolute atomic E-state index is 12.2. The summed E-state index contributed by atoms with van der Waals surface area (Å²) in [6.07, 6.45) is 1.37. The van der Waals surface area contributed by atoms with Gasteiger partial charge in [0, 0.05) is 31.3 Å². The number of fused-ring (bicyclic) bond motifs is 1. The maximum atomic E-state index is 12.2. The van der Waals surface area contributed by atoms with Crippen LogP contribution in [0.4, 0.5) is 11.4 Å². The Labute approximate surface area is 147 Å². The van der Waals surface area contributed by atoms with Crippen LogP contribution in [-0.2, 0) is 27.2 Å². The molecule has 1 aliphatic heterocycles. The standard InChI is InChI=1S/C20H22N2O3/c1-14(23)22-11-10-16-13-17(8-9-19(16)22)21-18(20(24)25-2)12-15-6-4-3-5-7-15/h3-9,13,18,21H,10-12H2,1-2H3/t18-/m0/s1. The van der Waals surface area contributed by atoms with Crippen molar-refractivity contribution in [2.75, 3.05) is 23.9 Å². The maximum Gasteiger partial charge on any atom is 0.328 e.